The van der Waals surface area contributed by atoms with E-state index >= 15 is 0 Å². The van der Waals surface area contributed by atoms with Gasteiger partial charge in [0.25, 0.3) is 0 Å². The van der Waals surface area contributed by atoms with Gasteiger partial charge in [-0.05, 0) is 37.0 Å². The molecule has 3 rings (SSSR count). The number of carbonyl (C=O) groups excluding carboxylic acids is 2. The van der Waals surface area contributed by atoms with E-state index in [1.807, 2.05) is 0 Å². The largest absolute Gasteiger partial charge is 0.356 e. The molecule has 4 nitrogen and oxygen atoms in total. The maximum absolute atomic E-state index is 11.9. The van der Waals surface area contributed by atoms with Gasteiger partial charge < -0.3 is 10.6 Å². The van der Waals surface area contributed by atoms with Gasteiger partial charge in [0.05, 0.1) is 5.92 Å². The summed E-state index contributed by atoms with van der Waals surface area (Å²) in [5, 5.41) is 5.75. The van der Waals surface area contributed by atoms with Crippen molar-refractivity contribution in [2.45, 2.75) is 32.1 Å². The van der Waals surface area contributed by atoms with Gasteiger partial charge in [-0.25, -0.2) is 0 Å². The molecule has 2 bridgehead atoms. The second kappa shape index (κ2) is 4.31. The van der Waals surface area contributed by atoms with Crippen LogP contribution >= 0.6 is 0 Å². The van der Waals surface area contributed by atoms with Crippen molar-refractivity contribution < 1.29 is 9.59 Å². The SMILES string of the molecule is O=C1CC(C(=O)NCC2CC3CCC2C3)CN1. The van der Waals surface area contributed by atoms with Crippen LogP contribution in [0.15, 0.2) is 0 Å². The minimum atomic E-state index is -0.138. The maximum atomic E-state index is 11.9. The van der Waals surface area contributed by atoms with E-state index in [4.69, 9.17) is 0 Å². The third kappa shape index (κ3) is 2.17. The summed E-state index contributed by atoms with van der Waals surface area (Å²) < 4.78 is 0. The van der Waals surface area contributed by atoms with E-state index in [9.17, 15) is 9.59 Å². The summed E-state index contributed by atoms with van der Waals surface area (Å²) in [6.45, 7) is 1.34. The predicted octanol–water partition coefficient (Wildman–Crippen LogP) is 0.675. The Bertz CT molecular complexity index is 342. The number of carbonyl (C=O) groups is 2. The lowest BCUT2D eigenvalue weighted by Crippen LogP contribution is -2.36. The number of hydrogen-bond donors (Lipinski definition) is 2. The zero-order valence-corrected chi connectivity index (χ0v) is 10.1. The molecule has 0 radical (unpaired) electrons. The molecule has 2 amide bonds. The van der Waals surface area contributed by atoms with Crippen LogP contribution in [-0.4, -0.2) is 24.9 Å². The molecule has 4 unspecified atom stereocenters. The van der Waals surface area contributed by atoms with Crippen LogP contribution in [0.2, 0.25) is 0 Å². The summed E-state index contributed by atoms with van der Waals surface area (Å²) in [7, 11) is 0. The molecule has 1 saturated heterocycles. The van der Waals surface area contributed by atoms with Gasteiger partial charge in [0, 0.05) is 19.5 Å². The fourth-order valence-electron chi connectivity index (χ4n) is 3.79. The lowest BCUT2D eigenvalue weighted by Gasteiger charge is -2.22. The quantitative estimate of drug-likeness (QED) is 0.757. The standard InChI is InChI=1S/C13H20N2O2/c16-12-5-11(7-14-12)13(17)15-6-10-4-8-1-2-9(10)3-8/h8-11H,1-7H2,(H,14,16)(H,15,17). The van der Waals surface area contributed by atoms with E-state index in [1.54, 1.807) is 0 Å². The second-order valence-corrected chi connectivity index (χ2v) is 5.89. The summed E-state index contributed by atoms with van der Waals surface area (Å²) in [6, 6.07) is 0. The van der Waals surface area contributed by atoms with Crippen LogP contribution in [0.25, 0.3) is 0 Å². The van der Waals surface area contributed by atoms with E-state index < -0.39 is 0 Å². The van der Waals surface area contributed by atoms with Gasteiger partial charge in [0.2, 0.25) is 11.8 Å². The molecule has 4 heteroatoms. The Labute approximate surface area is 102 Å². The number of rotatable bonds is 3. The number of amides is 2. The fourth-order valence-corrected chi connectivity index (χ4v) is 3.79. The molecule has 2 N–H and O–H groups in total. The van der Waals surface area contributed by atoms with Crippen molar-refractivity contribution in [3.05, 3.63) is 0 Å². The van der Waals surface area contributed by atoms with Crippen molar-refractivity contribution in [3.8, 4) is 0 Å². The molecule has 1 aliphatic heterocycles. The first kappa shape index (κ1) is 11.1. The van der Waals surface area contributed by atoms with Crippen molar-refractivity contribution >= 4 is 11.8 Å². The highest BCUT2D eigenvalue weighted by molar-refractivity contribution is 5.89. The summed E-state index contributed by atoms with van der Waals surface area (Å²) in [6.07, 6.45) is 5.80. The Morgan fingerprint density at radius 2 is 2.24 bits per heavy atom. The third-order valence-corrected chi connectivity index (χ3v) is 4.77. The molecule has 3 fully saturated rings. The molecular formula is C13H20N2O2. The lowest BCUT2D eigenvalue weighted by atomic mass is 9.89. The molecule has 17 heavy (non-hydrogen) atoms. The van der Waals surface area contributed by atoms with Gasteiger partial charge in [0.1, 0.15) is 0 Å². The van der Waals surface area contributed by atoms with Gasteiger partial charge in [0.15, 0.2) is 0 Å². The molecule has 3 aliphatic rings. The molecule has 94 valence electrons. The van der Waals surface area contributed by atoms with Gasteiger partial charge in [-0.15, -0.1) is 0 Å². The molecular weight excluding hydrogens is 216 g/mol. The van der Waals surface area contributed by atoms with Crippen molar-refractivity contribution in [1.29, 1.82) is 0 Å². The molecule has 0 aromatic carbocycles. The molecule has 2 aliphatic carbocycles. The molecule has 0 aromatic heterocycles. The second-order valence-electron chi connectivity index (χ2n) is 5.89. The van der Waals surface area contributed by atoms with Crippen LogP contribution in [0.3, 0.4) is 0 Å². The molecule has 0 aromatic rings. The van der Waals surface area contributed by atoms with Gasteiger partial charge in [-0.2, -0.15) is 0 Å². The summed E-state index contributed by atoms with van der Waals surface area (Å²) >= 11 is 0. The van der Waals surface area contributed by atoms with E-state index in [1.165, 1.54) is 25.7 Å². The Hall–Kier alpha value is -1.06. The van der Waals surface area contributed by atoms with Gasteiger partial charge in [-0.1, -0.05) is 6.42 Å². The average Bonchev–Trinajstić information content (AvgIpc) is 3.01. The number of hydrogen-bond acceptors (Lipinski definition) is 2. The van der Waals surface area contributed by atoms with Crippen LogP contribution < -0.4 is 10.6 Å². The van der Waals surface area contributed by atoms with Crippen LogP contribution in [0.4, 0.5) is 0 Å². The van der Waals surface area contributed by atoms with Crippen LogP contribution in [0.5, 0.6) is 0 Å². The fraction of sp³-hybridized carbons (Fsp3) is 0.846. The van der Waals surface area contributed by atoms with E-state index in [-0.39, 0.29) is 17.7 Å². The van der Waals surface area contributed by atoms with Gasteiger partial charge in [-0.3, -0.25) is 9.59 Å². The van der Waals surface area contributed by atoms with Crippen molar-refractivity contribution in [2.24, 2.45) is 23.7 Å². The van der Waals surface area contributed by atoms with E-state index in [2.05, 4.69) is 10.6 Å². The van der Waals surface area contributed by atoms with Crippen LogP contribution in [-0.2, 0) is 9.59 Å². The summed E-state index contributed by atoms with van der Waals surface area (Å²) in [4.78, 5) is 22.9. The monoisotopic (exact) mass is 236 g/mol. The smallest absolute Gasteiger partial charge is 0.225 e. The van der Waals surface area contributed by atoms with E-state index in [0.29, 0.717) is 18.9 Å². The Kier molecular flexibility index (Phi) is 2.81. The summed E-state index contributed by atoms with van der Waals surface area (Å²) in [5.41, 5.74) is 0. The first-order valence-electron chi connectivity index (χ1n) is 6.77. The van der Waals surface area contributed by atoms with E-state index in [0.717, 1.165) is 18.4 Å². The first-order valence-corrected chi connectivity index (χ1v) is 6.77. The minimum absolute atomic E-state index is 0.00470. The maximum Gasteiger partial charge on any atom is 0.225 e. The highest BCUT2D eigenvalue weighted by Crippen LogP contribution is 2.47. The summed E-state index contributed by atoms with van der Waals surface area (Å²) in [5.74, 6) is 2.40. The number of fused-ring (bicyclic) bond motifs is 2. The number of nitrogens with one attached hydrogen (secondary N) is 2. The Balaban J connectivity index is 1.45. The molecule has 4 atom stereocenters. The highest BCUT2D eigenvalue weighted by atomic mass is 16.2. The first-order chi connectivity index (χ1) is 8.22. The predicted molar refractivity (Wildman–Crippen MR) is 63.1 cm³/mol. The van der Waals surface area contributed by atoms with Crippen molar-refractivity contribution in [2.75, 3.05) is 13.1 Å². The topological polar surface area (TPSA) is 58.2 Å². The molecule has 1 heterocycles. The van der Waals surface area contributed by atoms with Gasteiger partial charge >= 0.3 is 0 Å². The zero-order chi connectivity index (χ0) is 11.8. The van der Waals surface area contributed by atoms with Crippen LogP contribution in [0.1, 0.15) is 32.1 Å². The molecule has 0 spiro atoms. The third-order valence-electron chi connectivity index (χ3n) is 4.77. The Morgan fingerprint density at radius 1 is 1.35 bits per heavy atom. The molecule has 2 saturated carbocycles. The normalized spacial score (nSPS) is 39.4. The highest BCUT2D eigenvalue weighted by Gasteiger charge is 2.39. The minimum Gasteiger partial charge on any atom is -0.356 e. The Morgan fingerprint density at radius 3 is 2.82 bits per heavy atom. The lowest BCUT2D eigenvalue weighted by molar-refractivity contribution is -0.126. The zero-order valence-electron chi connectivity index (χ0n) is 10.1. The van der Waals surface area contributed by atoms with Crippen molar-refractivity contribution in [1.82, 2.24) is 10.6 Å². The van der Waals surface area contributed by atoms with Crippen LogP contribution in [0, 0.1) is 23.7 Å². The van der Waals surface area contributed by atoms with Crippen molar-refractivity contribution in [3.63, 3.8) is 0 Å². The average molecular weight is 236 g/mol.